The van der Waals surface area contributed by atoms with Gasteiger partial charge in [0.2, 0.25) is 0 Å². The Bertz CT molecular complexity index is 304. The number of pyridine rings is 1. The molecule has 0 radical (unpaired) electrons. The van der Waals surface area contributed by atoms with Crippen molar-refractivity contribution in [2.75, 3.05) is 11.9 Å². The van der Waals surface area contributed by atoms with Crippen LogP contribution in [0.2, 0.25) is 0 Å². The van der Waals surface area contributed by atoms with Gasteiger partial charge in [0.15, 0.2) is 0 Å². The molecule has 0 bridgehead atoms. The maximum absolute atomic E-state index is 8.90. The number of nitrogens with one attached hydrogen (secondary N) is 1. The molecule has 88 valence electrons. The van der Waals surface area contributed by atoms with Gasteiger partial charge in [0.1, 0.15) is 5.82 Å². The minimum absolute atomic E-state index is 0.0654. The molecule has 0 aliphatic heterocycles. The van der Waals surface area contributed by atoms with Crippen LogP contribution in [0.3, 0.4) is 0 Å². The van der Waals surface area contributed by atoms with E-state index in [2.05, 4.69) is 10.3 Å². The van der Waals surface area contributed by atoms with Crippen LogP contribution in [0.15, 0.2) is 18.3 Å². The zero-order valence-electron chi connectivity index (χ0n) is 9.65. The van der Waals surface area contributed by atoms with Gasteiger partial charge < -0.3 is 10.4 Å². The summed E-state index contributed by atoms with van der Waals surface area (Å²) in [7, 11) is 0. The third kappa shape index (κ3) is 3.20. The van der Waals surface area contributed by atoms with Crippen molar-refractivity contribution in [2.45, 2.75) is 38.7 Å². The molecule has 3 nitrogen and oxygen atoms in total. The minimum Gasteiger partial charge on any atom is -0.392 e. The summed E-state index contributed by atoms with van der Waals surface area (Å²) >= 11 is 0. The number of anilines is 1. The Hall–Kier alpha value is -1.09. The summed E-state index contributed by atoms with van der Waals surface area (Å²) in [6, 6.07) is 3.85. The normalized spacial score (nSPS) is 17.3. The molecule has 16 heavy (non-hydrogen) atoms. The molecule has 0 spiro atoms. The SMILES string of the molecule is OCc1ccc(NCC2CCCCC2)nc1. The number of aliphatic hydroxyl groups is 1. The van der Waals surface area contributed by atoms with E-state index in [0.29, 0.717) is 0 Å². The van der Waals surface area contributed by atoms with E-state index in [9.17, 15) is 0 Å². The van der Waals surface area contributed by atoms with Crippen LogP contribution in [0.5, 0.6) is 0 Å². The van der Waals surface area contributed by atoms with Crippen molar-refractivity contribution in [3.8, 4) is 0 Å². The van der Waals surface area contributed by atoms with Gasteiger partial charge in [-0.2, -0.15) is 0 Å². The lowest BCUT2D eigenvalue weighted by atomic mass is 9.89. The molecule has 0 atom stereocenters. The summed E-state index contributed by atoms with van der Waals surface area (Å²) in [5.41, 5.74) is 0.864. The van der Waals surface area contributed by atoms with E-state index in [-0.39, 0.29) is 6.61 Å². The van der Waals surface area contributed by atoms with Crippen LogP contribution >= 0.6 is 0 Å². The molecule has 2 rings (SSSR count). The number of nitrogens with zero attached hydrogens (tertiary/aromatic N) is 1. The van der Waals surface area contributed by atoms with Crippen LogP contribution in [0.25, 0.3) is 0 Å². The summed E-state index contributed by atoms with van der Waals surface area (Å²) in [4.78, 5) is 4.26. The standard InChI is InChI=1S/C13H20N2O/c16-10-12-6-7-13(15-9-12)14-8-11-4-2-1-3-5-11/h6-7,9,11,16H,1-5,8,10H2,(H,14,15). The predicted octanol–water partition coefficient (Wildman–Crippen LogP) is 2.57. The van der Waals surface area contributed by atoms with Gasteiger partial charge in [0.05, 0.1) is 6.61 Å². The second-order valence-electron chi connectivity index (χ2n) is 4.59. The first-order chi connectivity index (χ1) is 7.88. The third-order valence-electron chi connectivity index (χ3n) is 3.30. The van der Waals surface area contributed by atoms with E-state index in [4.69, 9.17) is 5.11 Å². The van der Waals surface area contributed by atoms with Crippen molar-refractivity contribution in [1.29, 1.82) is 0 Å². The third-order valence-corrected chi connectivity index (χ3v) is 3.30. The van der Waals surface area contributed by atoms with Crippen molar-refractivity contribution < 1.29 is 5.11 Å². The lowest BCUT2D eigenvalue weighted by Gasteiger charge is -2.21. The second-order valence-corrected chi connectivity index (χ2v) is 4.59. The predicted molar refractivity (Wildman–Crippen MR) is 65.2 cm³/mol. The molecule has 3 heteroatoms. The second kappa shape index (κ2) is 5.85. The minimum atomic E-state index is 0.0654. The lowest BCUT2D eigenvalue weighted by molar-refractivity contribution is 0.281. The van der Waals surface area contributed by atoms with Crippen LogP contribution in [-0.4, -0.2) is 16.6 Å². The van der Waals surface area contributed by atoms with Gasteiger partial charge in [-0.15, -0.1) is 0 Å². The Morgan fingerprint density at radius 3 is 2.69 bits per heavy atom. The van der Waals surface area contributed by atoms with E-state index < -0.39 is 0 Å². The zero-order valence-corrected chi connectivity index (χ0v) is 9.65. The van der Waals surface area contributed by atoms with Gasteiger partial charge in [-0.05, 0) is 30.4 Å². The Morgan fingerprint density at radius 2 is 2.06 bits per heavy atom. The topological polar surface area (TPSA) is 45.1 Å². The summed E-state index contributed by atoms with van der Waals surface area (Å²) in [5.74, 6) is 1.73. The summed E-state index contributed by atoms with van der Waals surface area (Å²) in [6.07, 6.45) is 8.58. The largest absolute Gasteiger partial charge is 0.392 e. The molecule has 0 amide bonds. The van der Waals surface area contributed by atoms with Gasteiger partial charge in [0.25, 0.3) is 0 Å². The Kier molecular flexibility index (Phi) is 4.17. The van der Waals surface area contributed by atoms with E-state index in [1.54, 1.807) is 6.20 Å². The molecular formula is C13H20N2O. The number of hydrogen-bond acceptors (Lipinski definition) is 3. The van der Waals surface area contributed by atoms with E-state index in [1.165, 1.54) is 32.1 Å². The molecule has 1 aliphatic rings. The quantitative estimate of drug-likeness (QED) is 0.819. The molecule has 1 heterocycles. The van der Waals surface area contributed by atoms with Crippen LogP contribution in [0.4, 0.5) is 5.82 Å². The molecule has 1 aliphatic carbocycles. The average molecular weight is 220 g/mol. The van der Waals surface area contributed by atoms with Crippen LogP contribution in [0.1, 0.15) is 37.7 Å². The first kappa shape index (κ1) is 11.4. The van der Waals surface area contributed by atoms with Gasteiger partial charge in [-0.1, -0.05) is 25.3 Å². The van der Waals surface area contributed by atoms with E-state index >= 15 is 0 Å². The van der Waals surface area contributed by atoms with E-state index in [1.807, 2.05) is 12.1 Å². The van der Waals surface area contributed by atoms with Crippen molar-refractivity contribution in [2.24, 2.45) is 5.92 Å². The smallest absolute Gasteiger partial charge is 0.125 e. The van der Waals surface area contributed by atoms with Crippen molar-refractivity contribution in [1.82, 2.24) is 4.98 Å². The number of aliphatic hydroxyl groups excluding tert-OH is 1. The highest BCUT2D eigenvalue weighted by molar-refractivity contribution is 5.35. The highest BCUT2D eigenvalue weighted by Gasteiger charge is 2.12. The fraction of sp³-hybridized carbons (Fsp3) is 0.615. The Morgan fingerprint density at radius 1 is 1.25 bits per heavy atom. The first-order valence-electron chi connectivity index (χ1n) is 6.18. The van der Waals surface area contributed by atoms with Crippen LogP contribution < -0.4 is 5.32 Å². The summed E-state index contributed by atoms with van der Waals surface area (Å²) < 4.78 is 0. The van der Waals surface area contributed by atoms with Gasteiger partial charge >= 0.3 is 0 Å². The molecule has 0 unspecified atom stereocenters. The van der Waals surface area contributed by atoms with Gasteiger partial charge in [0, 0.05) is 12.7 Å². The fourth-order valence-electron chi connectivity index (χ4n) is 2.26. The van der Waals surface area contributed by atoms with E-state index in [0.717, 1.165) is 23.8 Å². The maximum atomic E-state index is 8.90. The van der Waals surface area contributed by atoms with Gasteiger partial charge in [-0.3, -0.25) is 0 Å². The molecular weight excluding hydrogens is 200 g/mol. The Labute approximate surface area is 96.9 Å². The van der Waals surface area contributed by atoms with Crippen molar-refractivity contribution in [3.05, 3.63) is 23.9 Å². The number of hydrogen-bond donors (Lipinski definition) is 2. The number of rotatable bonds is 4. The Balaban J connectivity index is 1.79. The molecule has 1 saturated carbocycles. The van der Waals surface area contributed by atoms with Crippen molar-refractivity contribution >= 4 is 5.82 Å². The monoisotopic (exact) mass is 220 g/mol. The molecule has 0 saturated heterocycles. The molecule has 0 aromatic carbocycles. The fourth-order valence-corrected chi connectivity index (χ4v) is 2.26. The highest BCUT2D eigenvalue weighted by atomic mass is 16.3. The highest BCUT2D eigenvalue weighted by Crippen LogP contribution is 2.23. The maximum Gasteiger partial charge on any atom is 0.125 e. The summed E-state index contributed by atoms with van der Waals surface area (Å²) in [6.45, 7) is 1.10. The van der Waals surface area contributed by atoms with Gasteiger partial charge in [-0.25, -0.2) is 4.98 Å². The molecule has 1 aromatic rings. The lowest BCUT2D eigenvalue weighted by Crippen LogP contribution is -2.17. The van der Waals surface area contributed by atoms with Crippen molar-refractivity contribution in [3.63, 3.8) is 0 Å². The van der Waals surface area contributed by atoms with Crippen LogP contribution in [-0.2, 0) is 6.61 Å². The average Bonchev–Trinajstić information content (AvgIpc) is 2.38. The molecule has 2 N–H and O–H groups in total. The first-order valence-corrected chi connectivity index (χ1v) is 6.18. The molecule has 1 aromatic heterocycles. The van der Waals surface area contributed by atoms with Crippen LogP contribution in [0, 0.1) is 5.92 Å². The molecule has 1 fully saturated rings. The summed E-state index contributed by atoms with van der Waals surface area (Å²) in [5, 5.41) is 12.3. The number of aromatic nitrogens is 1. The zero-order chi connectivity index (χ0) is 11.2.